The Morgan fingerprint density at radius 3 is 2.72 bits per heavy atom. The molecule has 0 aromatic carbocycles. The van der Waals surface area contributed by atoms with Gasteiger partial charge in [-0.3, -0.25) is 15.0 Å². The number of carbonyl (C=O) groups excluding carboxylic acids is 2. The van der Waals surface area contributed by atoms with Gasteiger partial charge in [-0.05, 0) is 13.8 Å². The summed E-state index contributed by atoms with van der Waals surface area (Å²) in [6.07, 6.45) is 1.39. The van der Waals surface area contributed by atoms with Gasteiger partial charge in [0.2, 0.25) is 5.91 Å². The summed E-state index contributed by atoms with van der Waals surface area (Å²) in [4.78, 5) is 30.6. The molecular formula is C10H14N6O2. The molecule has 18 heavy (non-hydrogen) atoms. The number of amides is 2. The zero-order valence-corrected chi connectivity index (χ0v) is 10.3. The fraction of sp³-hybridized carbons (Fsp3) is 0.400. The van der Waals surface area contributed by atoms with E-state index in [0.717, 1.165) is 0 Å². The van der Waals surface area contributed by atoms with Crippen LogP contribution in [-0.2, 0) is 9.59 Å². The number of hydrogen-bond donors (Lipinski definition) is 3. The Morgan fingerprint density at radius 1 is 1.50 bits per heavy atom. The number of primary amides is 1. The monoisotopic (exact) mass is 250 g/mol. The number of nitrogens with one attached hydrogen (secondary N) is 2. The van der Waals surface area contributed by atoms with Crippen molar-refractivity contribution in [3.63, 3.8) is 0 Å². The number of imidazole rings is 1. The fourth-order valence-corrected chi connectivity index (χ4v) is 1.72. The smallest absolute Gasteiger partial charge is 0.269 e. The van der Waals surface area contributed by atoms with E-state index in [4.69, 9.17) is 5.73 Å². The highest BCUT2D eigenvalue weighted by atomic mass is 16.2. The lowest BCUT2D eigenvalue weighted by Crippen LogP contribution is -2.40. The first-order chi connectivity index (χ1) is 8.30. The molecule has 0 atom stereocenters. The highest BCUT2D eigenvalue weighted by Crippen LogP contribution is 2.26. The van der Waals surface area contributed by atoms with E-state index in [2.05, 4.69) is 20.7 Å². The summed E-state index contributed by atoms with van der Waals surface area (Å²) in [5.74, 6) is -0.421. The zero-order valence-electron chi connectivity index (χ0n) is 10.3. The molecule has 2 amide bonds. The maximum absolute atomic E-state index is 11.4. The van der Waals surface area contributed by atoms with E-state index in [0.29, 0.717) is 11.5 Å². The van der Waals surface area contributed by atoms with Crippen molar-refractivity contribution in [1.29, 1.82) is 0 Å². The maximum atomic E-state index is 11.4. The Balaban J connectivity index is 2.52. The van der Waals surface area contributed by atoms with Crippen LogP contribution in [0.2, 0.25) is 0 Å². The van der Waals surface area contributed by atoms with Crippen molar-refractivity contribution in [3.8, 4) is 0 Å². The Labute approximate surface area is 103 Å². The van der Waals surface area contributed by atoms with Crippen LogP contribution >= 0.6 is 0 Å². The van der Waals surface area contributed by atoms with Gasteiger partial charge in [0, 0.05) is 6.92 Å². The molecule has 1 aromatic heterocycles. The van der Waals surface area contributed by atoms with E-state index in [-0.39, 0.29) is 11.6 Å². The second-order valence-corrected chi connectivity index (χ2v) is 4.49. The first-order valence-electron chi connectivity index (χ1n) is 5.33. The van der Waals surface area contributed by atoms with Crippen LogP contribution in [-0.4, -0.2) is 32.8 Å². The van der Waals surface area contributed by atoms with Gasteiger partial charge in [0.1, 0.15) is 17.7 Å². The average Bonchev–Trinajstić information content (AvgIpc) is 2.58. The zero-order chi connectivity index (χ0) is 13.5. The summed E-state index contributed by atoms with van der Waals surface area (Å²) < 4.78 is 1.40. The van der Waals surface area contributed by atoms with Gasteiger partial charge in [-0.25, -0.2) is 14.7 Å². The topological polar surface area (TPSA) is 114 Å². The van der Waals surface area contributed by atoms with Crippen molar-refractivity contribution in [2.75, 3.05) is 10.7 Å². The van der Waals surface area contributed by atoms with Crippen LogP contribution in [0, 0.1) is 0 Å². The molecule has 1 aromatic rings. The van der Waals surface area contributed by atoms with Gasteiger partial charge < -0.3 is 11.1 Å². The standard InChI is InChI=1S/C10H14N6O2/c1-5(17)15-16-4-12-7-6(8(11)18)13-10(2,3)14-9(7)16/h4,14H,1-3H3,(H2,11,18)(H,15,17). The second kappa shape index (κ2) is 3.83. The number of anilines is 1. The van der Waals surface area contributed by atoms with Crippen LogP contribution in [0.3, 0.4) is 0 Å². The predicted octanol–water partition coefficient (Wildman–Crippen LogP) is -0.591. The van der Waals surface area contributed by atoms with Crippen LogP contribution in [0.1, 0.15) is 26.5 Å². The Kier molecular flexibility index (Phi) is 2.57. The molecule has 0 bridgehead atoms. The average molecular weight is 250 g/mol. The Bertz CT molecular complexity index is 557. The third kappa shape index (κ3) is 2.04. The van der Waals surface area contributed by atoms with Crippen molar-refractivity contribution in [1.82, 2.24) is 9.66 Å². The number of rotatable bonds is 2. The number of hydrogen-bond acceptors (Lipinski definition) is 5. The van der Waals surface area contributed by atoms with Crippen molar-refractivity contribution in [2.45, 2.75) is 26.4 Å². The lowest BCUT2D eigenvalue weighted by molar-refractivity contribution is -0.115. The molecule has 0 unspecified atom stereocenters. The fourth-order valence-electron chi connectivity index (χ4n) is 1.72. The van der Waals surface area contributed by atoms with E-state index in [1.807, 2.05) is 0 Å². The van der Waals surface area contributed by atoms with E-state index in [9.17, 15) is 9.59 Å². The molecule has 2 heterocycles. The highest BCUT2D eigenvalue weighted by Gasteiger charge is 2.32. The molecule has 0 radical (unpaired) electrons. The van der Waals surface area contributed by atoms with Gasteiger partial charge in [0.25, 0.3) is 5.91 Å². The molecule has 8 heteroatoms. The second-order valence-electron chi connectivity index (χ2n) is 4.49. The number of carbonyl (C=O) groups is 2. The van der Waals surface area contributed by atoms with E-state index in [1.54, 1.807) is 13.8 Å². The number of fused-ring (bicyclic) bond motifs is 1. The Morgan fingerprint density at radius 2 is 2.17 bits per heavy atom. The lowest BCUT2D eigenvalue weighted by Gasteiger charge is -2.28. The molecule has 0 saturated heterocycles. The van der Waals surface area contributed by atoms with Crippen molar-refractivity contribution in [3.05, 3.63) is 12.0 Å². The first-order valence-corrected chi connectivity index (χ1v) is 5.33. The normalized spacial score (nSPS) is 16.3. The molecule has 0 saturated carbocycles. The van der Waals surface area contributed by atoms with Crippen molar-refractivity contribution < 1.29 is 9.59 Å². The molecule has 1 aliphatic rings. The molecule has 1 aliphatic heterocycles. The molecule has 0 spiro atoms. The minimum atomic E-state index is -0.701. The van der Waals surface area contributed by atoms with Gasteiger partial charge in [-0.15, -0.1) is 0 Å². The van der Waals surface area contributed by atoms with Crippen molar-refractivity contribution >= 4 is 23.3 Å². The van der Waals surface area contributed by atoms with Crippen molar-refractivity contribution in [2.24, 2.45) is 10.7 Å². The summed E-state index contributed by atoms with van der Waals surface area (Å²) in [6, 6.07) is 0. The van der Waals surface area contributed by atoms with Gasteiger partial charge in [0.05, 0.1) is 0 Å². The SMILES string of the molecule is CC(=O)Nn1cnc2c1NC(C)(C)N=C2C(N)=O. The minimum Gasteiger partial charge on any atom is -0.364 e. The largest absolute Gasteiger partial charge is 0.364 e. The van der Waals surface area contributed by atoms with E-state index >= 15 is 0 Å². The third-order valence-electron chi connectivity index (χ3n) is 2.32. The van der Waals surface area contributed by atoms with Gasteiger partial charge >= 0.3 is 0 Å². The van der Waals surface area contributed by atoms with Gasteiger partial charge in [-0.1, -0.05) is 0 Å². The Hall–Kier alpha value is -2.38. The van der Waals surface area contributed by atoms with Crippen LogP contribution in [0.5, 0.6) is 0 Å². The van der Waals surface area contributed by atoms with Gasteiger partial charge in [-0.2, -0.15) is 0 Å². The van der Waals surface area contributed by atoms with Crippen LogP contribution < -0.4 is 16.5 Å². The van der Waals surface area contributed by atoms with Crippen LogP contribution in [0.4, 0.5) is 5.82 Å². The van der Waals surface area contributed by atoms with E-state index in [1.165, 1.54) is 17.9 Å². The summed E-state index contributed by atoms with van der Waals surface area (Å²) in [7, 11) is 0. The maximum Gasteiger partial charge on any atom is 0.269 e. The molecule has 8 nitrogen and oxygen atoms in total. The van der Waals surface area contributed by atoms with Crippen LogP contribution in [0.25, 0.3) is 0 Å². The molecule has 4 N–H and O–H groups in total. The molecule has 0 fully saturated rings. The molecular weight excluding hydrogens is 236 g/mol. The summed E-state index contributed by atoms with van der Waals surface area (Å²) in [6.45, 7) is 4.94. The summed E-state index contributed by atoms with van der Waals surface area (Å²) in [5.41, 5.74) is 7.56. The number of aromatic nitrogens is 2. The summed E-state index contributed by atoms with van der Waals surface area (Å²) >= 11 is 0. The lowest BCUT2D eigenvalue weighted by atomic mass is 10.1. The number of nitrogens with zero attached hydrogens (tertiary/aromatic N) is 3. The summed E-state index contributed by atoms with van der Waals surface area (Å²) in [5, 5.41) is 3.07. The van der Waals surface area contributed by atoms with Gasteiger partial charge in [0.15, 0.2) is 11.5 Å². The van der Waals surface area contributed by atoms with E-state index < -0.39 is 11.6 Å². The number of aliphatic imine (C=N–C) groups is 1. The first kappa shape index (κ1) is 12.1. The third-order valence-corrected chi connectivity index (χ3v) is 2.32. The highest BCUT2D eigenvalue weighted by molar-refractivity contribution is 6.45. The molecule has 0 aliphatic carbocycles. The molecule has 96 valence electrons. The minimum absolute atomic E-state index is 0.0952. The quantitative estimate of drug-likeness (QED) is 0.650. The molecule has 2 rings (SSSR count). The van der Waals surface area contributed by atoms with Crippen LogP contribution in [0.15, 0.2) is 11.3 Å². The predicted molar refractivity (Wildman–Crippen MR) is 65.7 cm³/mol. The number of nitrogens with two attached hydrogens (primary N) is 1.